The molecular weight excluding hydrogens is 518 g/mol. The van der Waals surface area contributed by atoms with Crippen molar-refractivity contribution in [3.63, 3.8) is 0 Å². The number of nitrogens with one attached hydrogen (secondary N) is 1. The molecule has 3 heterocycles. The minimum atomic E-state index is -0.0809. The molecule has 2 aliphatic heterocycles. The van der Waals surface area contributed by atoms with Crippen molar-refractivity contribution in [3.05, 3.63) is 65.9 Å². The number of anilines is 5. The fourth-order valence-corrected chi connectivity index (χ4v) is 5.27. The maximum atomic E-state index is 13.4. The van der Waals surface area contributed by atoms with E-state index in [2.05, 4.69) is 34.2 Å². The lowest BCUT2D eigenvalue weighted by Gasteiger charge is -2.35. The summed E-state index contributed by atoms with van der Waals surface area (Å²) in [6.45, 7) is 7.58. The normalized spacial score (nSPS) is 15.5. The van der Waals surface area contributed by atoms with Crippen LogP contribution in [0.2, 0.25) is 0 Å². The molecule has 0 unspecified atom stereocenters. The Bertz CT molecular complexity index is 1420. The first-order valence-corrected chi connectivity index (χ1v) is 14.1. The van der Waals surface area contributed by atoms with Gasteiger partial charge in [0.05, 0.1) is 41.1 Å². The van der Waals surface area contributed by atoms with E-state index >= 15 is 0 Å². The van der Waals surface area contributed by atoms with Crippen LogP contribution in [0.4, 0.5) is 28.6 Å². The van der Waals surface area contributed by atoms with Crippen molar-refractivity contribution < 1.29 is 14.3 Å². The van der Waals surface area contributed by atoms with Crippen LogP contribution in [-0.4, -0.2) is 106 Å². The van der Waals surface area contributed by atoms with Gasteiger partial charge in [0.2, 0.25) is 0 Å². The SMILES string of the molecule is CCOc1cc(C(=O)N2CCN(CCN(C)C)CC2)ccc1Nc1cc2c(cn1)N(C)C(=O)c1ccccc1N2C. The molecule has 1 fully saturated rings. The van der Waals surface area contributed by atoms with Crippen LogP contribution in [-0.2, 0) is 0 Å². The number of likely N-dealkylation sites (N-methyl/N-ethyl adjacent to an activating group) is 1. The van der Waals surface area contributed by atoms with Crippen LogP contribution >= 0.6 is 0 Å². The van der Waals surface area contributed by atoms with E-state index in [-0.39, 0.29) is 11.8 Å². The van der Waals surface area contributed by atoms with E-state index < -0.39 is 0 Å². The Hall–Kier alpha value is -4.15. The Labute approximate surface area is 242 Å². The number of piperazine rings is 1. The molecule has 0 aliphatic carbocycles. The summed E-state index contributed by atoms with van der Waals surface area (Å²) in [4.78, 5) is 41.2. The van der Waals surface area contributed by atoms with E-state index in [0.29, 0.717) is 53.8 Å². The predicted octanol–water partition coefficient (Wildman–Crippen LogP) is 3.90. The Kier molecular flexibility index (Phi) is 8.41. The van der Waals surface area contributed by atoms with E-state index in [9.17, 15) is 9.59 Å². The van der Waals surface area contributed by atoms with Crippen molar-refractivity contribution in [1.82, 2.24) is 19.7 Å². The standard InChI is InChI=1S/C31H39N7O3/c1-6-41-28-19-22(30(39)38-17-15-37(16-18-38)14-13-34(2)3)11-12-24(28)33-29-20-26-27(21-32-29)36(5)31(40)23-9-7-8-10-25(23)35(26)4/h7-12,19-21H,6,13-18H2,1-5H3,(H,32,33). The molecule has 2 aromatic carbocycles. The first-order chi connectivity index (χ1) is 19.8. The van der Waals surface area contributed by atoms with Gasteiger partial charge in [-0.05, 0) is 51.4 Å². The van der Waals surface area contributed by atoms with Gasteiger partial charge in [0.15, 0.2) is 0 Å². The lowest BCUT2D eigenvalue weighted by Crippen LogP contribution is -2.49. The first kappa shape index (κ1) is 28.4. The summed E-state index contributed by atoms with van der Waals surface area (Å²) in [5.74, 6) is 1.12. The van der Waals surface area contributed by atoms with Crippen molar-refractivity contribution in [1.29, 1.82) is 0 Å². The number of aromatic nitrogens is 1. The van der Waals surface area contributed by atoms with Crippen molar-refractivity contribution in [2.45, 2.75) is 6.92 Å². The number of amides is 2. The van der Waals surface area contributed by atoms with Gasteiger partial charge in [0.25, 0.3) is 11.8 Å². The number of nitrogens with zero attached hydrogens (tertiary/aromatic N) is 6. The average molecular weight is 558 g/mol. The molecule has 216 valence electrons. The summed E-state index contributed by atoms with van der Waals surface area (Å²) in [5.41, 5.74) is 4.34. The fraction of sp³-hybridized carbons (Fsp3) is 0.387. The van der Waals surface area contributed by atoms with E-state index in [1.807, 2.05) is 72.3 Å². The lowest BCUT2D eigenvalue weighted by atomic mass is 10.1. The Morgan fingerprint density at radius 1 is 0.976 bits per heavy atom. The largest absolute Gasteiger partial charge is 0.492 e. The summed E-state index contributed by atoms with van der Waals surface area (Å²) < 4.78 is 5.95. The highest BCUT2D eigenvalue weighted by atomic mass is 16.5. The molecular formula is C31H39N7O3. The van der Waals surface area contributed by atoms with Crippen molar-refractivity contribution in [2.75, 3.05) is 89.2 Å². The third kappa shape index (κ3) is 5.98. The number of carbonyl (C=O) groups excluding carboxylic acids is 2. The second-order valence-electron chi connectivity index (χ2n) is 10.7. The van der Waals surface area contributed by atoms with Gasteiger partial charge in [0.1, 0.15) is 11.6 Å². The van der Waals surface area contributed by atoms with Crippen LogP contribution in [0.3, 0.4) is 0 Å². The van der Waals surface area contributed by atoms with Crippen LogP contribution in [0.5, 0.6) is 5.75 Å². The number of pyridine rings is 1. The Balaban J connectivity index is 1.35. The zero-order chi connectivity index (χ0) is 29.1. The molecule has 1 aromatic heterocycles. The molecule has 10 heteroatoms. The van der Waals surface area contributed by atoms with E-state index in [0.717, 1.165) is 37.6 Å². The molecule has 0 saturated carbocycles. The van der Waals surface area contributed by atoms with Gasteiger partial charge in [-0.3, -0.25) is 14.5 Å². The summed E-state index contributed by atoms with van der Waals surface area (Å²) in [7, 11) is 7.87. The number of para-hydroxylation sites is 1. The first-order valence-electron chi connectivity index (χ1n) is 14.1. The lowest BCUT2D eigenvalue weighted by molar-refractivity contribution is 0.0629. The Morgan fingerprint density at radius 2 is 1.73 bits per heavy atom. The van der Waals surface area contributed by atoms with Gasteiger partial charge in [0, 0.05) is 65.0 Å². The smallest absolute Gasteiger partial charge is 0.260 e. The molecule has 10 nitrogen and oxygen atoms in total. The second kappa shape index (κ2) is 12.2. The zero-order valence-corrected chi connectivity index (χ0v) is 24.6. The zero-order valence-electron chi connectivity index (χ0n) is 24.6. The minimum absolute atomic E-state index is 0.0147. The molecule has 0 atom stereocenters. The highest BCUT2D eigenvalue weighted by molar-refractivity contribution is 6.13. The summed E-state index contributed by atoms with van der Waals surface area (Å²) in [6, 6.07) is 15.0. The van der Waals surface area contributed by atoms with Crippen molar-refractivity contribution in [3.8, 4) is 5.75 Å². The molecule has 1 saturated heterocycles. The number of carbonyl (C=O) groups is 2. The van der Waals surface area contributed by atoms with Crippen LogP contribution in [0.1, 0.15) is 27.6 Å². The van der Waals surface area contributed by atoms with Crippen LogP contribution in [0.25, 0.3) is 0 Å². The maximum absolute atomic E-state index is 13.4. The monoisotopic (exact) mass is 557 g/mol. The summed E-state index contributed by atoms with van der Waals surface area (Å²) in [5, 5.41) is 3.37. The molecule has 0 spiro atoms. The summed E-state index contributed by atoms with van der Waals surface area (Å²) in [6.07, 6.45) is 1.70. The van der Waals surface area contributed by atoms with Gasteiger partial charge in [-0.25, -0.2) is 4.98 Å². The molecule has 5 rings (SSSR count). The highest BCUT2D eigenvalue weighted by Crippen LogP contribution is 2.40. The number of fused-ring (bicyclic) bond motifs is 2. The third-order valence-electron chi connectivity index (χ3n) is 7.70. The molecule has 2 aliphatic rings. The van der Waals surface area contributed by atoms with E-state index in [1.165, 1.54) is 0 Å². The topological polar surface area (TPSA) is 84.5 Å². The van der Waals surface area contributed by atoms with Gasteiger partial charge >= 0.3 is 0 Å². The number of hydrogen-bond donors (Lipinski definition) is 1. The van der Waals surface area contributed by atoms with Gasteiger partial charge in [-0.15, -0.1) is 0 Å². The molecule has 3 aromatic rings. The predicted molar refractivity (Wildman–Crippen MR) is 163 cm³/mol. The second-order valence-corrected chi connectivity index (χ2v) is 10.7. The van der Waals surface area contributed by atoms with Crippen LogP contribution in [0.15, 0.2) is 54.7 Å². The molecule has 0 radical (unpaired) electrons. The van der Waals surface area contributed by atoms with Crippen LogP contribution in [0, 0.1) is 0 Å². The number of ether oxygens (including phenoxy) is 1. The number of benzene rings is 2. The van der Waals surface area contributed by atoms with Crippen LogP contribution < -0.4 is 19.9 Å². The molecule has 2 amide bonds. The molecule has 41 heavy (non-hydrogen) atoms. The van der Waals surface area contributed by atoms with E-state index in [1.54, 1.807) is 18.1 Å². The van der Waals surface area contributed by atoms with E-state index in [4.69, 9.17) is 4.74 Å². The number of hydrogen-bond acceptors (Lipinski definition) is 8. The summed E-state index contributed by atoms with van der Waals surface area (Å²) >= 11 is 0. The highest BCUT2D eigenvalue weighted by Gasteiger charge is 2.28. The minimum Gasteiger partial charge on any atom is -0.492 e. The number of rotatable bonds is 8. The van der Waals surface area contributed by atoms with Gasteiger partial charge in [-0.1, -0.05) is 12.1 Å². The molecule has 1 N–H and O–H groups in total. The third-order valence-corrected chi connectivity index (χ3v) is 7.70. The van der Waals surface area contributed by atoms with Gasteiger partial charge in [-0.2, -0.15) is 0 Å². The van der Waals surface area contributed by atoms with Crippen molar-refractivity contribution in [2.24, 2.45) is 0 Å². The van der Waals surface area contributed by atoms with Crippen molar-refractivity contribution >= 4 is 40.4 Å². The quantitative estimate of drug-likeness (QED) is 0.447. The Morgan fingerprint density at radius 3 is 2.46 bits per heavy atom. The average Bonchev–Trinajstić information content (AvgIpc) is 3.06. The fourth-order valence-electron chi connectivity index (χ4n) is 5.27. The molecule has 0 bridgehead atoms. The van der Waals surface area contributed by atoms with Gasteiger partial charge < -0.3 is 29.7 Å². The maximum Gasteiger partial charge on any atom is 0.260 e.